The van der Waals surface area contributed by atoms with Crippen LogP contribution in [0, 0.1) is 5.41 Å². The Labute approximate surface area is 95.1 Å². The Kier molecular flexibility index (Phi) is 7.37. The van der Waals surface area contributed by atoms with Crippen LogP contribution in [0.25, 0.3) is 0 Å². The second-order valence-electron chi connectivity index (χ2n) is 5.31. The molecule has 1 amide bonds. The highest BCUT2D eigenvalue weighted by Crippen LogP contribution is 2.26. The molecule has 0 aromatic rings. The first-order valence-corrected chi connectivity index (χ1v) is 5.61. The van der Waals surface area contributed by atoms with Gasteiger partial charge in [-0.15, -0.1) is 0 Å². The van der Waals surface area contributed by atoms with Crippen molar-refractivity contribution in [2.45, 2.75) is 60.4 Å². The normalized spacial score (nSPS) is 11.1. The Bertz CT molecular complexity index is 199. The number of nitrogens with one attached hydrogen (secondary N) is 1. The summed E-state index contributed by atoms with van der Waals surface area (Å²) in [5, 5.41) is 2.91. The number of carbonyl (C=O) groups is 1. The lowest BCUT2D eigenvalue weighted by Gasteiger charge is -2.32. The molecule has 0 saturated heterocycles. The minimum Gasteiger partial charge on any atom is -0.348 e. The molecule has 0 radical (unpaired) electrons. The fourth-order valence-corrected chi connectivity index (χ4v) is 1.75. The van der Waals surface area contributed by atoms with Crippen molar-refractivity contribution in [2.24, 2.45) is 5.41 Å². The highest BCUT2D eigenvalue weighted by molar-refractivity contribution is 5.87. The maximum absolute atomic E-state index is 11.1. The van der Waals surface area contributed by atoms with E-state index in [2.05, 4.69) is 32.7 Å². The van der Waals surface area contributed by atoms with Gasteiger partial charge in [-0.1, -0.05) is 41.2 Å². The number of carbonyl (C=O) groups excluding carboxylic acids is 1. The Morgan fingerprint density at radius 3 is 1.87 bits per heavy atom. The van der Waals surface area contributed by atoms with Gasteiger partial charge in [0.2, 0.25) is 5.91 Å². The lowest BCUT2D eigenvalue weighted by Crippen LogP contribution is -2.45. The van der Waals surface area contributed by atoms with Crippen LogP contribution in [0.2, 0.25) is 0 Å². The topological polar surface area (TPSA) is 29.1 Å². The summed E-state index contributed by atoms with van der Waals surface area (Å²) >= 11 is 0. The fourth-order valence-electron chi connectivity index (χ4n) is 1.75. The Morgan fingerprint density at radius 1 is 1.20 bits per heavy atom. The summed E-state index contributed by atoms with van der Waals surface area (Å²) in [5.41, 5.74) is 0.0570. The van der Waals surface area contributed by atoms with Gasteiger partial charge < -0.3 is 5.32 Å². The van der Waals surface area contributed by atoms with Gasteiger partial charge in [-0.2, -0.15) is 0 Å². The summed E-state index contributed by atoms with van der Waals surface area (Å²) < 4.78 is 0. The molecule has 90 valence electrons. The van der Waals surface area contributed by atoms with Gasteiger partial charge in [-0.3, -0.25) is 4.79 Å². The van der Waals surface area contributed by atoms with Crippen LogP contribution in [0.3, 0.4) is 0 Å². The molecular weight excluding hydrogens is 186 g/mol. The summed E-state index contributed by atoms with van der Waals surface area (Å²) in [6.07, 6.45) is 2.25. The first-order valence-electron chi connectivity index (χ1n) is 5.61. The maximum atomic E-state index is 11.1. The average Bonchev–Trinajstić information content (AvgIpc) is 2.02. The van der Waals surface area contributed by atoms with E-state index in [0.29, 0.717) is 0 Å². The summed E-state index contributed by atoms with van der Waals surface area (Å²) in [6, 6.07) is 0. The number of hydrogen-bond acceptors (Lipinski definition) is 1. The van der Waals surface area contributed by atoms with Crippen LogP contribution in [0.1, 0.15) is 54.9 Å². The number of rotatable bonds is 3. The van der Waals surface area contributed by atoms with Crippen molar-refractivity contribution in [3.05, 3.63) is 12.7 Å². The predicted molar refractivity (Wildman–Crippen MR) is 67.8 cm³/mol. The van der Waals surface area contributed by atoms with Crippen LogP contribution < -0.4 is 5.32 Å². The summed E-state index contributed by atoms with van der Waals surface area (Å²) in [4.78, 5) is 11.1. The predicted octanol–water partition coefficient (Wildman–Crippen LogP) is 3.53. The van der Waals surface area contributed by atoms with E-state index in [1.165, 1.54) is 6.08 Å². The zero-order valence-corrected chi connectivity index (χ0v) is 11.4. The summed E-state index contributed by atoms with van der Waals surface area (Å²) in [6.45, 7) is 18.0. The van der Waals surface area contributed by atoms with Gasteiger partial charge in [0.1, 0.15) is 0 Å². The Hall–Kier alpha value is -0.790. The second kappa shape index (κ2) is 6.65. The van der Waals surface area contributed by atoms with E-state index < -0.39 is 0 Å². The highest BCUT2D eigenvalue weighted by atomic mass is 16.1. The smallest absolute Gasteiger partial charge is 0.243 e. The molecule has 0 aromatic heterocycles. The van der Waals surface area contributed by atoms with Crippen LogP contribution in [0.5, 0.6) is 0 Å². The lowest BCUT2D eigenvalue weighted by molar-refractivity contribution is -0.118. The van der Waals surface area contributed by atoms with Crippen LogP contribution in [-0.4, -0.2) is 11.4 Å². The Balaban J connectivity index is 0. The van der Waals surface area contributed by atoms with Crippen LogP contribution in [0.15, 0.2) is 12.7 Å². The van der Waals surface area contributed by atoms with Crippen molar-refractivity contribution in [2.75, 3.05) is 0 Å². The minimum absolute atomic E-state index is 0.103. The van der Waals surface area contributed by atoms with Crippen LogP contribution >= 0.6 is 0 Å². The zero-order valence-electron chi connectivity index (χ0n) is 11.4. The third-order valence-electron chi connectivity index (χ3n) is 1.62. The van der Waals surface area contributed by atoms with Crippen molar-refractivity contribution in [3.8, 4) is 0 Å². The van der Waals surface area contributed by atoms with Crippen molar-refractivity contribution in [1.82, 2.24) is 5.32 Å². The molecule has 0 bridgehead atoms. The van der Waals surface area contributed by atoms with Gasteiger partial charge >= 0.3 is 0 Å². The molecule has 0 aliphatic heterocycles. The first kappa shape index (κ1) is 16.6. The SMILES string of the molecule is C=CC(=O)NC(C)(C)CC(C)(C)C.CC. The van der Waals surface area contributed by atoms with E-state index in [4.69, 9.17) is 0 Å². The molecule has 0 heterocycles. The standard InChI is InChI=1S/C11H21NO.C2H6/c1-7-9(13)12-11(5,6)8-10(2,3)4;1-2/h7H,1,8H2,2-6H3,(H,12,13);1-2H3. The molecule has 0 fully saturated rings. The molecule has 0 aliphatic carbocycles. The molecule has 1 N–H and O–H groups in total. The van der Waals surface area contributed by atoms with E-state index in [0.717, 1.165) is 6.42 Å². The maximum Gasteiger partial charge on any atom is 0.243 e. The molecule has 0 aromatic carbocycles. The molecule has 0 spiro atoms. The fraction of sp³-hybridized carbons (Fsp3) is 0.769. The molecule has 0 saturated carbocycles. The molecule has 0 atom stereocenters. The van der Waals surface area contributed by atoms with Gasteiger partial charge in [0.15, 0.2) is 0 Å². The monoisotopic (exact) mass is 213 g/mol. The van der Waals surface area contributed by atoms with Gasteiger partial charge in [-0.05, 0) is 31.8 Å². The average molecular weight is 213 g/mol. The van der Waals surface area contributed by atoms with Gasteiger partial charge in [0, 0.05) is 5.54 Å². The van der Waals surface area contributed by atoms with Crippen LogP contribution in [-0.2, 0) is 4.79 Å². The quantitative estimate of drug-likeness (QED) is 0.714. The largest absolute Gasteiger partial charge is 0.348 e. The van der Waals surface area contributed by atoms with Crippen LogP contribution in [0.4, 0.5) is 0 Å². The van der Waals surface area contributed by atoms with E-state index in [1.807, 2.05) is 27.7 Å². The van der Waals surface area contributed by atoms with E-state index in [1.54, 1.807) is 0 Å². The van der Waals surface area contributed by atoms with Gasteiger partial charge in [0.05, 0.1) is 0 Å². The van der Waals surface area contributed by atoms with Crippen molar-refractivity contribution in [3.63, 3.8) is 0 Å². The first-order chi connectivity index (χ1) is 6.66. The van der Waals surface area contributed by atoms with E-state index in [-0.39, 0.29) is 16.9 Å². The third kappa shape index (κ3) is 11.1. The number of hydrogen-bond donors (Lipinski definition) is 1. The van der Waals surface area contributed by atoms with Crippen molar-refractivity contribution >= 4 is 5.91 Å². The zero-order chi connectivity index (χ0) is 12.7. The molecule has 2 nitrogen and oxygen atoms in total. The lowest BCUT2D eigenvalue weighted by atomic mass is 9.82. The number of amides is 1. The van der Waals surface area contributed by atoms with Crippen molar-refractivity contribution < 1.29 is 4.79 Å². The summed E-state index contributed by atoms with van der Waals surface area (Å²) in [5.74, 6) is -0.103. The molecule has 0 aliphatic rings. The van der Waals surface area contributed by atoms with Gasteiger partial charge in [-0.25, -0.2) is 0 Å². The molecule has 2 heteroatoms. The van der Waals surface area contributed by atoms with Gasteiger partial charge in [0.25, 0.3) is 0 Å². The second-order valence-corrected chi connectivity index (χ2v) is 5.31. The van der Waals surface area contributed by atoms with E-state index in [9.17, 15) is 4.79 Å². The van der Waals surface area contributed by atoms with E-state index >= 15 is 0 Å². The van der Waals surface area contributed by atoms with Crippen molar-refractivity contribution in [1.29, 1.82) is 0 Å². The molecule has 15 heavy (non-hydrogen) atoms. The molecule has 0 unspecified atom stereocenters. The minimum atomic E-state index is -0.163. The molecule has 0 rings (SSSR count). The summed E-state index contributed by atoms with van der Waals surface area (Å²) in [7, 11) is 0. The highest BCUT2D eigenvalue weighted by Gasteiger charge is 2.25. The third-order valence-corrected chi connectivity index (χ3v) is 1.62. The molecular formula is C13H27NO. The Morgan fingerprint density at radius 2 is 1.60 bits per heavy atom.